The van der Waals surface area contributed by atoms with Crippen LogP contribution in [0.5, 0.6) is 0 Å². The van der Waals surface area contributed by atoms with Gasteiger partial charge in [-0.3, -0.25) is 4.79 Å². The van der Waals surface area contributed by atoms with Crippen molar-refractivity contribution < 1.29 is 4.79 Å². The van der Waals surface area contributed by atoms with E-state index in [0.29, 0.717) is 0 Å². The maximum Gasteiger partial charge on any atom is 0.262 e. The first kappa shape index (κ1) is 18.2. The van der Waals surface area contributed by atoms with Gasteiger partial charge in [-0.25, -0.2) is 0 Å². The van der Waals surface area contributed by atoms with Crippen LogP contribution in [0.4, 0.5) is 0 Å². The lowest BCUT2D eigenvalue weighted by molar-refractivity contribution is -0.117. The van der Waals surface area contributed by atoms with Crippen LogP contribution in [0.2, 0.25) is 0 Å². The van der Waals surface area contributed by atoms with Crippen LogP contribution < -0.4 is 5.32 Å². The standard InChI is InChI=1S/C24H20N2O/c1-18(20-8-4-2-5-9-20)26-24(27)23(17-25)16-19-12-14-22(15-13-19)21-10-6-3-7-11-21/h2-16,18H,1H3,(H,26,27)/b23-16-/t18-/m0/s1. The maximum atomic E-state index is 12.4. The lowest BCUT2D eigenvalue weighted by Crippen LogP contribution is -2.27. The van der Waals surface area contributed by atoms with Crippen molar-refractivity contribution >= 4 is 12.0 Å². The summed E-state index contributed by atoms with van der Waals surface area (Å²) in [5, 5.41) is 12.3. The van der Waals surface area contributed by atoms with Gasteiger partial charge in [0.05, 0.1) is 6.04 Å². The van der Waals surface area contributed by atoms with E-state index in [1.807, 2.05) is 97.9 Å². The van der Waals surface area contributed by atoms with Crippen molar-refractivity contribution in [2.45, 2.75) is 13.0 Å². The van der Waals surface area contributed by atoms with Crippen LogP contribution in [-0.4, -0.2) is 5.91 Å². The van der Waals surface area contributed by atoms with Gasteiger partial charge in [-0.2, -0.15) is 5.26 Å². The molecule has 0 saturated heterocycles. The Kier molecular flexibility index (Phi) is 5.81. The molecular weight excluding hydrogens is 332 g/mol. The zero-order chi connectivity index (χ0) is 19.1. The van der Waals surface area contributed by atoms with Gasteiger partial charge in [0.15, 0.2) is 0 Å². The quantitative estimate of drug-likeness (QED) is 0.511. The fourth-order valence-electron chi connectivity index (χ4n) is 2.82. The van der Waals surface area contributed by atoms with E-state index in [9.17, 15) is 10.1 Å². The minimum atomic E-state index is -0.374. The van der Waals surface area contributed by atoms with E-state index < -0.39 is 0 Å². The number of amides is 1. The molecule has 0 aliphatic carbocycles. The van der Waals surface area contributed by atoms with Crippen LogP contribution in [0.15, 0.2) is 90.5 Å². The summed E-state index contributed by atoms with van der Waals surface area (Å²) in [7, 11) is 0. The van der Waals surface area contributed by atoms with E-state index in [1.54, 1.807) is 6.08 Å². The molecule has 0 spiro atoms. The second-order valence-electron chi connectivity index (χ2n) is 6.26. The van der Waals surface area contributed by atoms with E-state index >= 15 is 0 Å². The summed E-state index contributed by atoms with van der Waals surface area (Å²) in [6.07, 6.45) is 1.61. The Morgan fingerprint density at radius 3 is 2.04 bits per heavy atom. The molecule has 3 heteroatoms. The van der Waals surface area contributed by atoms with Crippen molar-refractivity contribution in [3.05, 3.63) is 102 Å². The first-order valence-electron chi connectivity index (χ1n) is 8.80. The van der Waals surface area contributed by atoms with E-state index in [0.717, 1.165) is 22.3 Å². The first-order valence-corrected chi connectivity index (χ1v) is 8.80. The highest BCUT2D eigenvalue weighted by Gasteiger charge is 2.13. The molecule has 3 rings (SSSR count). The van der Waals surface area contributed by atoms with E-state index in [1.165, 1.54) is 0 Å². The van der Waals surface area contributed by atoms with Crippen molar-refractivity contribution in [3.8, 4) is 17.2 Å². The number of hydrogen-bond donors (Lipinski definition) is 1. The van der Waals surface area contributed by atoms with Crippen molar-refractivity contribution in [2.24, 2.45) is 0 Å². The number of benzene rings is 3. The van der Waals surface area contributed by atoms with Crippen LogP contribution >= 0.6 is 0 Å². The van der Waals surface area contributed by atoms with Crippen molar-refractivity contribution in [3.63, 3.8) is 0 Å². The molecule has 27 heavy (non-hydrogen) atoms. The Bertz CT molecular complexity index is 968. The lowest BCUT2D eigenvalue weighted by atomic mass is 10.0. The number of carbonyl (C=O) groups is 1. The topological polar surface area (TPSA) is 52.9 Å². The summed E-state index contributed by atoms with van der Waals surface area (Å²) in [4.78, 5) is 12.4. The van der Waals surface area contributed by atoms with Crippen molar-refractivity contribution in [2.75, 3.05) is 0 Å². The van der Waals surface area contributed by atoms with Gasteiger partial charge in [0, 0.05) is 0 Å². The molecule has 3 aromatic carbocycles. The molecule has 3 aromatic rings. The summed E-state index contributed by atoms with van der Waals surface area (Å²) < 4.78 is 0. The van der Waals surface area contributed by atoms with Crippen LogP contribution in [0.3, 0.4) is 0 Å². The summed E-state index contributed by atoms with van der Waals surface area (Å²) >= 11 is 0. The van der Waals surface area contributed by atoms with Gasteiger partial charge in [-0.1, -0.05) is 84.9 Å². The molecule has 0 radical (unpaired) electrons. The van der Waals surface area contributed by atoms with Gasteiger partial charge in [-0.05, 0) is 35.3 Å². The zero-order valence-electron chi connectivity index (χ0n) is 15.1. The van der Waals surface area contributed by atoms with Gasteiger partial charge in [0.1, 0.15) is 11.6 Å². The highest BCUT2D eigenvalue weighted by Crippen LogP contribution is 2.20. The van der Waals surface area contributed by atoms with Gasteiger partial charge >= 0.3 is 0 Å². The van der Waals surface area contributed by atoms with Gasteiger partial charge in [0.2, 0.25) is 0 Å². The normalized spacial score (nSPS) is 12.1. The number of rotatable bonds is 5. The fourth-order valence-corrected chi connectivity index (χ4v) is 2.82. The molecule has 3 nitrogen and oxygen atoms in total. The van der Waals surface area contributed by atoms with Gasteiger partial charge < -0.3 is 5.32 Å². The average Bonchev–Trinajstić information content (AvgIpc) is 2.73. The Hall–Kier alpha value is -3.64. The maximum absolute atomic E-state index is 12.4. The molecule has 0 saturated carbocycles. The first-order chi connectivity index (χ1) is 13.2. The third-order valence-electron chi connectivity index (χ3n) is 4.34. The number of nitriles is 1. The third kappa shape index (κ3) is 4.71. The molecular formula is C24H20N2O. The number of carbonyl (C=O) groups excluding carboxylic acids is 1. The molecule has 0 aliphatic heterocycles. The highest BCUT2D eigenvalue weighted by atomic mass is 16.1. The Morgan fingerprint density at radius 2 is 1.44 bits per heavy atom. The minimum Gasteiger partial charge on any atom is -0.345 e. The van der Waals surface area contributed by atoms with Crippen LogP contribution in [0.25, 0.3) is 17.2 Å². The number of hydrogen-bond acceptors (Lipinski definition) is 2. The second kappa shape index (κ2) is 8.64. The molecule has 1 atom stereocenters. The average molecular weight is 352 g/mol. The summed E-state index contributed by atoms with van der Waals surface area (Å²) in [6.45, 7) is 1.90. The third-order valence-corrected chi connectivity index (χ3v) is 4.34. The molecule has 0 unspecified atom stereocenters. The van der Waals surface area contributed by atoms with Gasteiger partial charge in [-0.15, -0.1) is 0 Å². The van der Waals surface area contributed by atoms with Crippen LogP contribution in [-0.2, 0) is 4.79 Å². The summed E-state index contributed by atoms with van der Waals surface area (Å²) in [6, 6.07) is 29.4. The Morgan fingerprint density at radius 1 is 0.889 bits per heavy atom. The molecule has 0 aromatic heterocycles. The SMILES string of the molecule is C[C@H](NC(=O)/C(C#N)=C\c1ccc(-c2ccccc2)cc1)c1ccccc1. The largest absolute Gasteiger partial charge is 0.345 e. The van der Waals surface area contributed by atoms with E-state index in [-0.39, 0.29) is 17.5 Å². The molecule has 132 valence electrons. The monoisotopic (exact) mass is 352 g/mol. The summed E-state index contributed by atoms with van der Waals surface area (Å²) in [5.74, 6) is -0.374. The smallest absolute Gasteiger partial charge is 0.262 e. The van der Waals surface area contributed by atoms with Crippen LogP contribution in [0.1, 0.15) is 24.1 Å². The van der Waals surface area contributed by atoms with Gasteiger partial charge in [0.25, 0.3) is 5.91 Å². The number of nitrogens with zero attached hydrogens (tertiary/aromatic N) is 1. The zero-order valence-corrected chi connectivity index (χ0v) is 15.1. The predicted molar refractivity (Wildman–Crippen MR) is 108 cm³/mol. The molecule has 0 fully saturated rings. The molecule has 1 N–H and O–H groups in total. The minimum absolute atomic E-state index is 0.0882. The lowest BCUT2D eigenvalue weighted by Gasteiger charge is -2.13. The predicted octanol–water partition coefficient (Wildman–Crippen LogP) is 5.14. The van der Waals surface area contributed by atoms with Crippen molar-refractivity contribution in [1.29, 1.82) is 5.26 Å². The second-order valence-corrected chi connectivity index (χ2v) is 6.26. The Balaban J connectivity index is 1.74. The number of nitrogens with one attached hydrogen (secondary N) is 1. The Labute approximate surface area is 159 Å². The molecule has 0 aliphatic rings. The molecule has 1 amide bonds. The van der Waals surface area contributed by atoms with E-state index in [4.69, 9.17) is 0 Å². The van der Waals surface area contributed by atoms with E-state index in [2.05, 4.69) is 5.32 Å². The fraction of sp³-hybridized carbons (Fsp3) is 0.0833. The summed E-state index contributed by atoms with van der Waals surface area (Å²) in [5.41, 5.74) is 4.12. The van der Waals surface area contributed by atoms with Crippen molar-refractivity contribution in [1.82, 2.24) is 5.32 Å². The molecule has 0 heterocycles. The highest BCUT2D eigenvalue weighted by molar-refractivity contribution is 6.01. The van der Waals surface area contributed by atoms with Crippen LogP contribution in [0, 0.1) is 11.3 Å². The molecule has 0 bridgehead atoms.